The Bertz CT molecular complexity index is 2310. The number of hydrogen-bond donors (Lipinski definition) is 2. The summed E-state index contributed by atoms with van der Waals surface area (Å²) >= 11 is 0. The molecule has 4 aliphatic heterocycles. The summed E-state index contributed by atoms with van der Waals surface area (Å²) in [6, 6.07) is -0.223. The molecule has 62 heavy (non-hydrogen) atoms. The highest BCUT2D eigenvalue weighted by molar-refractivity contribution is 7.54. The highest BCUT2D eigenvalue weighted by Crippen LogP contribution is 2.50. The summed E-state index contributed by atoms with van der Waals surface area (Å²) in [5, 5.41) is 5.53. The molecule has 1 aromatic rings. The first kappa shape index (κ1) is 49.3. The number of aromatic nitrogens is 1. The van der Waals surface area contributed by atoms with E-state index in [1.807, 2.05) is 53.7 Å². The zero-order chi connectivity index (χ0) is 45.2. The molecule has 0 saturated carbocycles. The smallest absolute Gasteiger partial charge is 0.330 e. The van der Waals surface area contributed by atoms with Crippen LogP contribution < -0.4 is 16.0 Å². The van der Waals surface area contributed by atoms with E-state index in [-0.39, 0.29) is 56.4 Å². The van der Waals surface area contributed by atoms with Gasteiger partial charge in [-0.2, -0.15) is 0 Å². The summed E-state index contributed by atoms with van der Waals surface area (Å²) in [5.41, 5.74) is 9.21. The van der Waals surface area contributed by atoms with E-state index < -0.39 is 20.7 Å². The highest BCUT2D eigenvalue weighted by Gasteiger charge is 2.39. The Balaban J connectivity index is 1.72. The number of ether oxygens (including phenoxy) is 2. The minimum absolute atomic E-state index is 0.169. The predicted octanol–water partition coefficient (Wildman–Crippen LogP) is 8.02. The van der Waals surface area contributed by atoms with E-state index in [1.165, 1.54) is 14.2 Å². The summed E-state index contributed by atoms with van der Waals surface area (Å²) < 4.78 is 59.8. The summed E-state index contributed by atoms with van der Waals surface area (Å²) in [4.78, 5) is 39.2. The average Bonchev–Trinajstić information content (AvgIpc) is 3.89. The number of nitrogens with one attached hydrogen (secondary N) is 2. The summed E-state index contributed by atoms with van der Waals surface area (Å²) in [6.07, 6.45) is 14.5. The molecule has 0 saturated heterocycles. The Hall–Kier alpha value is -3.74. The van der Waals surface area contributed by atoms with Gasteiger partial charge < -0.3 is 32.6 Å². The average molecular weight is 897 g/mol. The van der Waals surface area contributed by atoms with E-state index in [4.69, 9.17) is 37.6 Å². The van der Waals surface area contributed by atoms with Crippen LogP contribution >= 0.6 is 15.2 Å². The molecule has 5 rings (SSSR count). The zero-order valence-corrected chi connectivity index (χ0v) is 40.0. The highest BCUT2D eigenvalue weighted by atomic mass is 31.2. The second kappa shape index (κ2) is 21.8. The number of hydrogen-bond acceptors (Lipinski definition) is 13. The van der Waals surface area contributed by atoms with E-state index in [1.54, 1.807) is 0 Å². The van der Waals surface area contributed by atoms with Gasteiger partial charge in [0.25, 0.3) is 0 Å². The Labute approximate surface area is 366 Å². The maximum Gasteiger partial charge on any atom is 0.330 e. The van der Waals surface area contributed by atoms with Gasteiger partial charge in [0.15, 0.2) is 0 Å². The second-order valence-electron chi connectivity index (χ2n) is 15.8. The fraction of sp³-hybridized carbons (Fsp3) is 0.565. The number of fused-ring (bicyclic) bond motifs is 6. The number of carbonyl (C=O) groups is 2. The van der Waals surface area contributed by atoms with Gasteiger partial charge >= 0.3 is 27.1 Å². The molecule has 2 N–H and O–H groups in total. The number of aliphatic imine (C=N–C) groups is 2. The van der Waals surface area contributed by atoms with Crippen molar-refractivity contribution in [3.8, 4) is 0 Å². The topological polar surface area (TPSA) is 176 Å². The van der Waals surface area contributed by atoms with Gasteiger partial charge in [-0.3, -0.25) is 24.0 Å². The van der Waals surface area contributed by atoms with Crippen LogP contribution in [0.1, 0.15) is 105 Å². The standard InChI is InChI=1S/C46H66N4O10P2/c1-11-57-61(53,58-12-2)23-15-17-35-31(6)38-26-34-25-30(5)46(50-34,22-16-24-62(54,59-13-3)60-14-4)29-43-33(8)37(19-21-45(52)56-10)42(49-43)28-41-36(18-20-44(51)55-9)32(7)39(48-41)27-40(35)47-38/h25-29,34,48,50H,11-24H2,1-10H3. The molecular formula is C46H66N4O10P2. The number of aromatic amines is 1. The number of rotatable bonds is 22. The first-order chi connectivity index (χ1) is 29.6. The molecule has 0 fully saturated rings. The van der Waals surface area contributed by atoms with E-state index in [2.05, 4.69) is 42.4 Å². The van der Waals surface area contributed by atoms with Crippen LogP contribution in [0, 0.1) is 6.92 Å². The Morgan fingerprint density at radius 2 is 1.21 bits per heavy atom. The van der Waals surface area contributed by atoms with Crippen LogP contribution in [0.25, 0.3) is 12.2 Å². The molecule has 0 amide bonds. The molecular weight excluding hydrogens is 830 g/mol. The molecule has 8 bridgehead atoms. The van der Waals surface area contributed by atoms with E-state index in [0.717, 1.165) is 66.8 Å². The molecule has 5 heterocycles. The molecule has 0 spiro atoms. The third-order valence-electron chi connectivity index (χ3n) is 11.8. The van der Waals surface area contributed by atoms with Crippen LogP contribution in [0.5, 0.6) is 0 Å². The lowest BCUT2D eigenvalue weighted by Gasteiger charge is -2.31. The molecule has 1 aromatic heterocycles. The number of carbonyl (C=O) groups excluding carboxylic acids is 2. The Morgan fingerprint density at radius 1 is 0.694 bits per heavy atom. The number of methoxy groups -OCH3 is 2. The van der Waals surface area contributed by atoms with Gasteiger partial charge in [-0.05, 0) is 152 Å². The molecule has 0 aliphatic carbocycles. The van der Waals surface area contributed by atoms with Crippen molar-refractivity contribution < 1.29 is 46.3 Å². The van der Waals surface area contributed by atoms with Crippen molar-refractivity contribution in [2.24, 2.45) is 9.98 Å². The number of H-pyrrole nitrogens is 1. The van der Waals surface area contributed by atoms with Crippen LogP contribution in [-0.2, 0) is 52.7 Å². The fourth-order valence-electron chi connectivity index (χ4n) is 8.61. The lowest BCUT2D eigenvalue weighted by atomic mass is 9.86. The zero-order valence-electron chi connectivity index (χ0n) is 38.2. The van der Waals surface area contributed by atoms with E-state index >= 15 is 0 Å². The quantitative estimate of drug-likeness (QED) is 0.0655. The van der Waals surface area contributed by atoms with Crippen molar-refractivity contribution in [3.63, 3.8) is 0 Å². The molecule has 340 valence electrons. The third kappa shape index (κ3) is 11.7. The summed E-state index contributed by atoms with van der Waals surface area (Å²) in [5.74, 6) is -0.641. The monoisotopic (exact) mass is 896 g/mol. The molecule has 0 radical (unpaired) electrons. The van der Waals surface area contributed by atoms with Crippen molar-refractivity contribution in [1.82, 2.24) is 10.3 Å². The van der Waals surface area contributed by atoms with Gasteiger partial charge in [-0.1, -0.05) is 11.6 Å². The first-order valence-corrected chi connectivity index (χ1v) is 25.3. The van der Waals surface area contributed by atoms with Gasteiger partial charge in [-0.25, -0.2) is 9.98 Å². The van der Waals surface area contributed by atoms with Crippen molar-refractivity contribution in [2.45, 2.75) is 118 Å². The minimum atomic E-state index is -3.31. The first-order valence-electron chi connectivity index (χ1n) is 21.9. The largest absolute Gasteiger partial charge is 0.469 e. The normalized spacial score (nSPS) is 20.0. The Morgan fingerprint density at radius 3 is 1.79 bits per heavy atom. The molecule has 14 nitrogen and oxygen atoms in total. The van der Waals surface area contributed by atoms with Crippen molar-refractivity contribution in [3.05, 3.63) is 79.3 Å². The number of nitrogens with zero attached hydrogens (tertiary/aromatic N) is 2. The predicted molar refractivity (Wildman–Crippen MR) is 245 cm³/mol. The van der Waals surface area contributed by atoms with Gasteiger partial charge in [0.2, 0.25) is 0 Å². The second-order valence-corrected chi connectivity index (χ2v) is 20.2. The fourth-order valence-corrected chi connectivity index (χ4v) is 11.9. The van der Waals surface area contributed by atoms with Gasteiger partial charge in [0.1, 0.15) is 0 Å². The molecule has 0 aromatic carbocycles. The van der Waals surface area contributed by atoms with Gasteiger partial charge in [0, 0.05) is 29.6 Å². The SMILES string of the molecule is CCOP(=O)(CCCC1=C(C)C2=CC3C=C(C)C(CCCP(=O)(OCC)OCC)(C=C4N=C(C=c5[nH]c(c(C)c5CCC(=O)OC)=CC1=N2)C(CCC(=O)OC)=C4C)N3)OCC. The number of allylic oxidation sites excluding steroid dienone is 4. The van der Waals surface area contributed by atoms with Crippen molar-refractivity contribution in [2.75, 3.05) is 53.0 Å². The van der Waals surface area contributed by atoms with Crippen LogP contribution in [0.4, 0.5) is 0 Å². The van der Waals surface area contributed by atoms with Crippen LogP contribution in [-0.4, -0.2) is 92.9 Å². The van der Waals surface area contributed by atoms with Crippen LogP contribution in [0.2, 0.25) is 0 Å². The van der Waals surface area contributed by atoms with E-state index in [0.29, 0.717) is 57.5 Å². The lowest BCUT2D eigenvalue weighted by molar-refractivity contribution is -0.141. The Kier molecular flexibility index (Phi) is 17.3. The van der Waals surface area contributed by atoms with Crippen LogP contribution in [0.15, 0.2) is 67.5 Å². The summed E-state index contributed by atoms with van der Waals surface area (Å²) in [6.45, 7) is 16.6. The van der Waals surface area contributed by atoms with E-state index in [9.17, 15) is 18.7 Å². The van der Waals surface area contributed by atoms with Crippen molar-refractivity contribution >= 4 is 50.7 Å². The third-order valence-corrected chi connectivity index (χ3v) is 16.2. The molecule has 4 aliphatic rings. The molecule has 2 atom stereocenters. The van der Waals surface area contributed by atoms with Crippen molar-refractivity contribution in [1.29, 1.82) is 0 Å². The molecule has 2 unspecified atom stereocenters. The van der Waals surface area contributed by atoms with Gasteiger partial charge in [0.05, 0.1) is 81.3 Å². The minimum Gasteiger partial charge on any atom is -0.469 e. The molecule has 16 heteroatoms. The van der Waals surface area contributed by atoms with Crippen LogP contribution in [0.3, 0.4) is 0 Å². The maximum atomic E-state index is 13.6. The van der Waals surface area contributed by atoms with Gasteiger partial charge in [-0.15, -0.1) is 0 Å². The number of esters is 2. The maximum absolute atomic E-state index is 13.6. The summed E-state index contributed by atoms with van der Waals surface area (Å²) in [7, 11) is -3.81. The lowest BCUT2D eigenvalue weighted by Crippen LogP contribution is -2.44.